The van der Waals surface area contributed by atoms with E-state index in [1.54, 1.807) is 17.5 Å². The monoisotopic (exact) mass is 324 g/mol. The summed E-state index contributed by atoms with van der Waals surface area (Å²) in [5, 5.41) is 4.17. The van der Waals surface area contributed by atoms with Crippen molar-refractivity contribution in [2.75, 3.05) is 5.32 Å². The molecule has 0 aliphatic heterocycles. The lowest BCUT2D eigenvalue weighted by atomic mass is 9.87. The van der Waals surface area contributed by atoms with Crippen LogP contribution in [0.4, 0.5) is 11.6 Å². The molecule has 1 N–H and O–H groups in total. The molecule has 0 bridgehead atoms. The fraction of sp³-hybridized carbons (Fsp3) is 0.278. The molecule has 0 aliphatic carbocycles. The summed E-state index contributed by atoms with van der Waals surface area (Å²) in [6, 6.07) is 10.3. The summed E-state index contributed by atoms with van der Waals surface area (Å²) >= 11 is 1.63. The van der Waals surface area contributed by atoms with Gasteiger partial charge in [0.25, 0.3) is 0 Å². The minimum Gasteiger partial charge on any atom is -0.324 e. The van der Waals surface area contributed by atoms with Crippen molar-refractivity contribution in [2.24, 2.45) is 0 Å². The van der Waals surface area contributed by atoms with E-state index in [1.807, 2.05) is 19.2 Å². The van der Waals surface area contributed by atoms with Crippen LogP contribution in [0.2, 0.25) is 0 Å². The first-order chi connectivity index (χ1) is 10.9. The van der Waals surface area contributed by atoms with Crippen molar-refractivity contribution >= 4 is 23.0 Å². The Balaban J connectivity index is 1.80. The number of benzene rings is 1. The Morgan fingerprint density at radius 2 is 1.74 bits per heavy atom. The number of hydrogen-bond donors (Lipinski definition) is 1. The first kappa shape index (κ1) is 15.6. The molecule has 5 heteroatoms. The minimum absolute atomic E-state index is 0.150. The van der Waals surface area contributed by atoms with Crippen LogP contribution in [0.15, 0.2) is 42.7 Å². The summed E-state index contributed by atoms with van der Waals surface area (Å²) < 4.78 is 0. The van der Waals surface area contributed by atoms with E-state index in [0.29, 0.717) is 5.95 Å². The molecular formula is C18H20N4S. The van der Waals surface area contributed by atoms with E-state index in [-0.39, 0.29) is 5.41 Å². The lowest BCUT2D eigenvalue weighted by Crippen LogP contribution is -2.10. The van der Waals surface area contributed by atoms with Gasteiger partial charge in [-0.1, -0.05) is 32.9 Å². The number of aryl methyl sites for hydroxylation is 1. The van der Waals surface area contributed by atoms with E-state index in [2.05, 4.69) is 65.3 Å². The molecule has 118 valence electrons. The first-order valence-corrected chi connectivity index (χ1v) is 8.37. The third-order valence-corrected chi connectivity index (χ3v) is 4.44. The van der Waals surface area contributed by atoms with Gasteiger partial charge in [0.05, 0.1) is 0 Å². The van der Waals surface area contributed by atoms with E-state index < -0.39 is 0 Å². The zero-order chi connectivity index (χ0) is 16.4. The number of aromatic nitrogens is 3. The lowest BCUT2D eigenvalue weighted by molar-refractivity contribution is 0.590. The summed E-state index contributed by atoms with van der Waals surface area (Å²) in [5.41, 5.74) is 3.27. The van der Waals surface area contributed by atoms with Crippen LogP contribution in [0.25, 0.3) is 10.7 Å². The van der Waals surface area contributed by atoms with E-state index in [1.165, 1.54) is 10.4 Å². The van der Waals surface area contributed by atoms with Crippen LogP contribution in [0, 0.1) is 6.92 Å². The number of nitrogens with zero attached hydrogens (tertiary/aromatic N) is 3. The number of rotatable bonds is 3. The van der Waals surface area contributed by atoms with Crippen LogP contribution >= 0.6 is 11.3 Å². The van der Waals surface area contributed by atoms with Gasteiger partial charge in [-0.3, -0.25) is 0 Å². The smallest absolute Gasteiger partial charge is 0.227 e. The highest BCUT2D eigenvalue weighted by Crippen LogP contribution is 2.26. The van der Waals surface area contributed by atoms with Crippen LogP contribution in [0.3, 0.4) is 0 Å². The Morgan fingerprint density at radius 1 is 1.00 bits per heavy atom. The third-order valence-electron chi connectivity index (χ3n) is 3.50. The quantitative estimate of drug-likeness (QED) is 0.740. The molecule has 2 aromatic heterocycles. The van der Waals surface area contributed by atoms with Gasteiger partial charge in [0.1, 0.15) is 10.7 Å². The Kier molecular flexibility index (Phi) is 4.13. The summed E-state index contributed by atoms with van der Waals surface area (Å²) in [7, 11) is 0. The topological polar surface area (TPSA) is 50.7 Å². The highest BCUT2D eigenvalue weighted by Gasteiger charge is 2.13. The second kappa shape index (κ2) is 6.08. The van der Waals surface area contributed by atoms with E-state index >= 15 is 0 Å². The molecule has 0 aliphatic rings. The molecule has 3 rings (SSSR count). The Morgan fingerprint density at radius 3 is 2.35 bits per heavy atom. The average molecular weight is 324 g/mol. The van der Waals surface area contributed by atoms with Crippen molar-refractivity contribution in [3.05, 3.63) is 53.2 Å². The molecule has 2 heterocycles. The Hall–Kier alpha value is -2.27. The van der Waals surface area contributed by atoms with Crippen molar-refractivity contribution in [3.8, 4) is 10.7 Å². The molecule has 0 amide bonds. The van der Waals surface area contributed by atoms with Gasteiger partial charge >= 0.3 is 0 Å². The summed E-state index contributed by atoms with van der Waals surface area (Å²) in [6.45, 7) is 8.66. The highest BCUT2D eigenvalue weighted by atomic mass is 32.1. The minimum atomic E-state index is 0.150. The fourth-order valence-electron chi connectivity index (χ4n) is 2.19. The molecule has 3 aromatic rings. The molecule has 0 saturated carbocycles. The number of hydrogen-bond acceptors (Lipinski definition) is 5. The first-order valence-electron chi connectivity index (χ1n) is 7.55. The van der Waals surface area contributed by atoms with Gasteiger partial charge in [0.2, 0.25) is 5.95 Å². The molecule has 0 radical (unpaired) electrons. The lowest BCUT2D eigenvalue weighted by Gasteiger charge is -2.19. The average Bonchev–Trinajstić information content (AvgIpc) is 2.94. The van der Waals surface area contributed by atoms with Crippen LogP contribution in [0.1, 0.15) is 31.2 Å². The maximum absolute atomic E-state index is 4.55. The Labute approximate surface area is 140 Å². The Bertz CT molecular complexity index is 800. The largest absolute Gasteiger partial charge is 0.324 e. The van der Waals surface area contributed by atoms with Gasteiger partial charge in [-0.2, -0.15) is 0 Å². The summed E-state index contributed by atoms with van der Waals surface area (Å²) in [5.74, 6) is 0.582. The molecule has 0 spiro atoms. The van der Waals surface area contributed by atoms with Gasteiger partial charge in [0.15, 0.2) is 0 Å². The van der Waals surface area contributed by atoms with E-state index in [0.717, 1.165) is 16.4 Å². The van der Waals surface area contributed by atoms with Gasteiger partial charge < -0.3 is 5.32 Å². The van der Waals surface area contributed by atoms with Crippen LogP contribution in [-0.4, -0.2) is 15.0 Å². The molecule has 0 unspecified atom stereocenters. The molecule has 0 saturated heterocycles. The maximum atomic E-state index is 4.55. The van der Waals surface area contributed by atoms with Gasteiger partial charge in [-0.05, 0) is 36.1 Å². The maximum Gasteiger partial charge on any atom is 0.227 e. The van der Waals surface area contributed by atoms with Gasteiger partial charge in [-0.15, -0.1) is 11.3 Å². The van der Waals surface area contributed by atoms with Crippen molar-refractivity contribution in [2.45, 2.75) is 33.1 Å². The van der Waals surface area contributed by atoms with Crippen LogP contribution < -0.4 is 5.32 Å². The van der Waals surface area contributed by atoms with Crippen LogP contribution in [0.5, 0.6) is 0 Å². The van der Waals surface area contributed by atoms with Gasteiger partial charge in [0, 0.05) is 23.0 Å². The summed E-state index contributed by atoms with van der Waals surface area (Å²) in [4.78, 5) is 14.4. The molecule has 4 nitrogen and oxygen atoms in total. The molecule has 1 aromatic carbocycles. The van der Waals surface area contributed by atoms with E-state index in [4.69, 9.17) is 0 Å². The molecule has 0 atom stereocenters. The zero-order valence-corrected chi connectivity index (χ0v) is 14.6. The molecule has 23 heavy (non-hydrogen) atoms. The predicted octanol–water partition coefficient (Wildman–Crippen LogP) is 4.95. The van der Waals surface area contributed by atoms with Gasteiger partial charge in [-0.25, -0.2) is 15.0 Å². The standard InChI is InChI=1S/C18H20N4S/c1-12-11-20-16(23-12)15-9-10-19-17(22-15)21-14-7-5-13(6-8-14)18(2,3)4/h5-11H,1-4H3,(H,19,21,22). The second-order valence-corrected chi connectivity index (χ2v) is 7.73. The normalized spacial score (nSPS) is 11.5. The third kappa shape index (κ3) is 3.74. The van der Waals surface area contributed by atoms with Crippen molar-refractivity contribution < 1.29 is 0 Å². The van der Waals surface area contributed by atoms with Crippen molar-refractivity contribution in [3.63, 3.8) is 0 Å². The van der Waals surface area contributed by atoms with Crippen molar-refractivity contribution in [1.82, 2.24) is 15.0 Å². The second-order valence-electron chi connectivity index (χ2n) is 6.49. The number of anilines is 2. The predicted molar refractivity (Wildman–Crippen MR) is 96.3 cm³/mol. The van der Waals surface area contributed by atoms with Crippen molar-refractivity contribution in [1.29, 1.82) is 0 Å². The highest BCUT2D eigenvalue weighted by molar-refractivity contribution is 7.14. The zero-order valence-electron chi connectivity index (χ0n) is 13.8. The fourth-order valence-corrected chi connectivity index (χ4v) is 2.93. The van der Waals surface area contributed by atoms with E-state index in [9.17, 15) is 0 Å². The SMILES string of the molecule is Cc1cnc(-c2ccnc(Nc3ccc(C(C)(C)C)cc3)n2)s1. The van der Waals surface area contributed by atoms with Crippen LogP contribution in [-0.2, 0) is 5.41 Å². The number of thiazole rings is 1. The molecular weight excluding hydrogens is 304 g/mol. The number of nitrogens with one attached hydrogen (secondary N) is 1. The molecule has 0 fully saturated rings. The summed E-state index contributed by atoms with van der Waals surface area (Å²) in [6.07, 6.45) is 3.62.